The van der Waals surface area contributed by atoms with Gasteiger partial charge in [0.1, 0.15) is 4.32 Å². The van der Waals surface area contributed by atoms with Gasteiger partial charge in [-0.2, -0.15) is 0 Å². The molecule has 0 saturated carbocycles. The molecule has 27 heavy (non-hydrogen) atoms. The molecule has 0 bridgehead atoms. The highest BCUT2D eigenvalue weighted by Crippen LogP contribution is 2.33. The molecule has 1 aliphatic heterocycles. The van der Waals surface area contributed by atoms with Crippen molar-refractivity contribution in [2.75, 3.05) is 11.9 Å². The average molecular weight is 417 g/mol. The number of thiophene rings is 1. The van der Waals surface area contributed by atoms with E-state index in [1.54, 1.807) is 35.6 Å². The minimum Gasteiger partial charge on any atom is -0.326 e. The number of carbonyl (C=O) groups is 3. The van der Waals surface area contributed by atoms with E-state index in [1.807, 2.05) is 23.6 Å². The van der Waals surface area contributed by atoms with Gasteiger partial charge in [0.25, 0.3) is 5.91 Å². The molecule has 2 heterocycles. The van der Waals surface area contributed by atoms with Gasteiger partial charge < -0.3 is 5.32 Å². The fourth-order valence-corrected chi connectivity index (χ4v) is 4.45. The number of thiocarbonyl (C=S) groups is 1. The second-order valence-electron chi connectivity index (χ2n) is 5.78. The lowest BCUT2D eigenvalue weighted by Crippen LogP contribution is -2.31. The van der Waals surface area contributed by atoms with Gasteiger partial charge in [0.2, 0.25) is 5.91 Å². The molecule has 8 heteroatoms. The second-order valence-corrected chi connectivity index (χ2v) is 8.44. The third-order valence-corrected chi connectivity index (χ3v) is 6.02. The molecule has 1 aliphatic rings. The first kappa shape index (κ1) is 19.5. The number of anilines is 1. The first-order valence-corrected chi connectivity index (χ1v) is 10.2. The molecular weight excluding hydrogens is 400 g/mol. The highest BCUT2D eigenvalue weighted by atomic mass is 32.2. The predicted octanol–water partition coefficient (Wildman–Crippen LogP) is 4.18. The van der Waals surface area contributed by atoms with Crippen LogP contribution in [0.5, 0.6) is 0 Å². The summed E-state index contributed by atoms with van der Waals surface area (Å²) in [5, 5.41) is 4.70. The Hall–Kier alpha value is -2.29. The highest BCUT2D eigenvalue weighted by Gasteiger charge is 2.32. The molecule has 5 nitrogen and oxygen atoms in total. The summed E-state index contributed by atoms with van der Waals surface area (Å²) in [5.74, 6) is -0.420. The number of hydrogen-bond donors (Lipinski definition) is 1. The van der Waals surface area contributed by atoms with Crippen LogP contribution in [0.25, 0.3) is 6.08 Å². The molecule has 0 aliphatic carbocycles. The van der Waals surface area contributed by atoms with Gasteiger partial charge in [-0.1, -0.05) is 30.0 Å². The molecule has 1 aromatic carbocycles. The molecule has 2 aromatic rings. The van der Waals surface area contributed by atoms with E-state index in [1.165, 1.54) is 23.6 Å². The molecule has 1 aromatic heterocycles. The maximum Gasteiger partial charge on any atom is 0.266 e. The summed E-state index contributed by atoms with van der Waals surface area (Å²) < 4.78 is 0.460. The Morgan fingerprint density at radius 1 is 1.22 bits per heavy atom. The Kier molecular flexibility index (Phi) is 6.20. The number of nitrogens with zero attached hydrogens (tertiary/aromatic N) is 1. The summed E-state index contributed by atoms with van der Waals surface area (Å²) in [6, 6.07) is 10.5. The van der Waals surface area contributed by atoms with E-state index < -0.39 is 0 Å². The lowest BCUT2D eigenvalue weighted by Gasteiger charge is -2.14. The number of ketones is 1. The number of rotatable bonds is 6. The van der Waals surface area contributed by atoms with Crippen LogP contribution >= 0.6 is 35.3 Å². The van der Waals surface area contributed by atoms with E-state index >= 15 is 0 Å². The topological polar surface area (TPSA) is 66.5 Å². The third-order valence-electron chi connectivity index (χ3n) is 3.83. The fraction of sp³-hybridized carbons (Fsp3) is 0.158. The molecule has 0 atom stereocenters. The van der Waals surface area contributed by atoms with Crippen molar-refractivity contribution in [3.8, 4) is 0 Å². The van der Waals surface area contributed by atoms with Crippen molar-refractivity contribution in [3.05, 3.63) is 57.1 Å². The molecule has 1 saturated heterocycles. The first-order valence-electron chi connectivity index (χ1n) is 8.14. The van der Waals surface area contributed by atoms with Gasteiger partial charge in [-0.15, -0.1) is 11.3 Å². The van der Waals surface area contributed by atoms with Crippen LogP contribution in [0.4, 0.5) is 5.69 Å². The van der Waals surface area contributed by atoms with Gasteiger partial charge in [-0.25, -0.2) is 0 Å². The Morgan fingerprint density at radius 2 is 1.96 bits per heavy atom. The van der Waals surface area contributed by atoms with Crippen LogP contribution in [0.15, 0.2) is 46.7 Å². The van der Waals surface area contributed by atoms with Crippen LogP contribution in [-0.2, 0) is 9.59 Å². The first-order chi connectivity index (χ1) is 12.9. The Labute approximate surface area is 170 Å². The predicted molar refractivity (Wildman–Crippen MR) is 114 cm³/mol. The van der Waals surface area contributed by atoms with Gasteiger partial charge in [-0.3, -0.25) is 19.3 Å². The smallest absolute Gasteiger partial charge is 0.266 e. The van der Waals surface area contributed by atoms with E-state index in [0.717, 1.165) is 4.88 Å². The van der Waals surface area contributed by atoms with Crippen LogP contribution in [0.1, 0.15) is 28.6 Å². The SMILES string of the molecule is CC(=O)c1ccc(NC(=O)CCN2C(=O)/C(=C\c3cccs3)SC2=S)cc1. The van der Waals surface area contributed by atoms with Gasteiger partial charge in [0, 0.05) is 29.1 Å². The van der Waals surface area contributed by atoms with Gasteiger partial charge >= 0.3 is 0 Å². The largest absolute Gasteiger partial charge is 0.326 e. The van der Waals surface area contributed by atoms with Crippen molar-refractivity contribution < 1.29 is 14.4 Å². The summed E-state index contributed by atoms with van der Waals surface area (Å²) >= 11 is 8.08. The molecule has 0 spiro atoms. The van der Waals surface area contributed by atoms with Crippen molar-refractivity contribution >= 4 is 69.0 Å². The van der Waals surface area contributed by atoms with E-state index in [4.69, 9.17) is 12.2 Å². The minimum absolute atomic E-state index is 0.0298. The molecule has 0 unspecified atom stereocenters. The zero-order valence-corrected chi connectivity index (χ0v) is 16.9. The number of hydrogen-bond acceptors (Lipinski definition) is 6. The molecular formula is C19H16N2O3S3. The average Bonchev–Trinajstić information content (AvgIpc) is 3.23. The lowest BCUT2D eigenvalue weighted by molar-refractivity contribution is -0.122. The van der Waals surface area contributed by atoms with Crippen LogP contribution in [0.3, 0.4) is 0 Å². The molecule has 3 rings (SSSR count). The van der Waals surface area contributed by atoms with Gasteiger partial charge in [0.15, 0.2) is 5.78 Å². The number of nitrogens with one attached hydrogen (secondary N) is 1. The summed E-state index contributed by atoms with van der Waals surface area (Å²) in [7, 11) is 0. The standard InChI is InChI=1S/C19H16N2O3S3/c1-12(22)13-4-6-14(7-5-13)20-17(23)8-9-21-18(24)16(27-19(21)25)11-15-3-2-10-26-15/h2-7,10-11H,8-9H2,1H3,(H,20,23)/b16-11+. The monoisotopic (exact) mass is 416 g/mol. The van der Waals surface area contributed by atoms with Gasteiger partial charge in [0.05, 0.1) is 4.91 Å². The summed E-state index contributed by atoms with van der Waals surface area (Å²) in [6.07, 6.45) is 1.95. The van der Waals surface area contributed by atoms with Crippen LogP contribution in [0, 0.1) is 0 Å². The zero-order valence-electron chi connectivity index (χ0n) is 14.4. The van der Waals surface area contributed by atoms with Crippen LogP contribution in [0.2, 0.25) is 0 Å². The maximum atomic E-state index is 12.5. The minimum atomic E-state index is -0.220. The zero-order chi connectivity index (χ0) is 19.4. The molecule has 0 radical (unpaired) electrons. The van der Waals surface area contributed by atoms with E-state index in [9.17, 15) is 14.4 Å². The molecule has 1 fully saturated rings. The Morgan fingerprint density at radius 3 is 2.59 bits per heavy atom. The van der Waals surface area contributed by atoms with Crippen molar-refractivity contribution in [3.63, 3.8) is 0 Å². The number of carbonyl (C=O) groups excluding carboxylic acids is 3. The quantitative estimate of drug-likeness (QED) is 0.435. The van der Waals surface area contributed by atoms with Gasteiger partial charge in [-0.05, 0) is 48.7 Å². The molecule has 138 valence electrons. The molecule has 2 amide bonds. The third kappa shape index (κ3) is 4.91. The number of amides is 2. The fourth-order valence-electron chi connectivity index (χ4n) is 2.42. The molecule has 1 N–H and O–H groups in total. The number of thioether (sulfide) groups is 1. The van der Waals surface area contributed by atoms with E-state index in [0.29, 0.717) is 20.5 Å². The van der Waals surface area contributed by atoms with E-state index in [-0.39, 0.29) is 30.6 Å². The summed E-state index contributed by atoms with van der Waals surface area (Å²) in [5.41, 5.74) is 1.19. The maximum absolute atomic E-state index is 12.5. The summed E-state index contributed by atoms with van der Waals surface area (Å²) in [4.78, 5) is 39.0. The normalized spacial score (nSPS) is 15.4. The van der Waals surface area contributed by atoms with Crippen LogP contribution in [-0.4, -0.2) is 33.4 Å². The van der Waals surface area contributed by atoms with Crippen molar-refractivity contribution in [1.29, 1.82) is 0 Å². The Bertz CT molecular complexity index is 918. The highest BCUT2D eigenvalue weighted by molar-refractivity contribution is 8.26. The lowest BCUT2D eigenvalue weighted by atomic mass is 10.1. The van der Waals surface area contributed by atoms with E-state index in [2.05, 4.69) is 5.32 Å². The van der Waals surface area contributed by atoms with Crippen molar-refractivity contribution in [2.45, 2.75) is 13.3 Å². The van der Waals surface area contributed by atoms with Crippen LogP contribution < -0.4 is 5.32 Å². The Balaban J connectivity index is 1.56. The van der Waals surface area contributed by atoms with Crippen molar-refractivity contribution in [2.24, 2.45) is 0 Å². The summed E-state index contributed by atoms with van der Waals surface area (Å²) in [6.45, 7) is 1.71. The number of Topliss-reactive ketones (excluding diaryl/α,β-unsaturated/α-hetero) is 1. The van der Waals surface area contributed by atoms with Crippen molar-refractivity contribution in [1.82, 2.24) is 4.90 Å². The number of benzene rings is 1. The second kappa shape index (κ2) is 8.60.